The molecule has 66 heavy (non-hydrogen) atoms. The summed E-state index contributed by atoms with van der Waals surface area (Å²) in [6.07, 6.45) is 15.0. The largest absolute Gasteiger partial charge is 3.00 e. The third-order valence-corrected chi connectivity index (χ3v) is 9.48. The Hall–Kier alpha value is -7.43. The predicted molar refractivity (Wildman–Crippen MR) is 256 cm³/mol. The quantitative estimate of drug-likeness (QED) is 0.0681. The Labute approximate surface area is 425 Å². The summed E-state index contributed by atoms with van der Waals surface area (Å²) < 4.78 is 0. The monoisotopic (exact) mass is 1000 g/mol. The molecule has 9 heteroatoms. The Morgan fingerprint density at radius 2 is 0.485 bits per heavy atom. The first-order valence-corrected chi connectivity index (χ1v) is 20.5. The molecule has 0 aromatic heterocycles. The van der Waals surface area contributed by atoms with Crippen LogP contribution in [0.25, 0.3) is 22.8 Å². The summed E-state index contributed by atoms with van der Waals surface area (Å²) in [6.45, 7) is 0. The standard InChI is InChI=1S/3C15H11O2.C12H8N2.Eu/c3*16-14(12-7-3-1-4-8-12)11-15(17)13-9-5-2-6-10-13;1-3-9-5-6-10-4-2-8-14-12(10)11(9)13-7-1;/h3*1-11H;1-8H;/q3*-1;-2;+3. The number of fused-ring (bicyclic) bond motifs is 3. The van der Waals surface area contributed by atoms with Gasteiger partial charge in [0.05, 0.1) is 34.7 Å². The van der Waals surface area contributed by atoms with Gasteiger partial charge in [0.1, 0.15) is 0 Å². The molecule has 0 atom stereocenters. The summed E-state index contributed by atoms with van der Waals surface area (Å²) in [5.41, 5.74) is 5.10. The molecular formula is C57H41EuN2O6-2. The van der Waals surface area contributed by atoms with Gasteiger partial charge < -0.3 is 39.4 Å². The van der Waals surface area contributed by atoms with Gasteiger partial charge in [-0.05, 0) is 10.4 Å². The van der Waals surface area contributed by atoms with Crippen molar-refractivity contribution >= 4 is 58.2 Å². The van der Waals surface area contributed by atoms with Crippen LogP contribution in [0.3, 0.4) is 0 Å². The van der Waals surface area contributed by atoms with Crippen LogP contribution < -0.4 is 10.4 Å². The molecule has 7 aromatic rings. The van der Waals surface area contributed by atoms with Gasteiger partial charge >= 0.3 is 49.4 Å². The molecule has 0 saturated carbocycles. The Kier molecular flexibility index (Phi) is 19.8. The zero-order valence-electron chi connectivity index (χ0n) is 35.4. The SMILES string of the molecule is C1=C[N-]c2c3c(ccc2=C1)=CC=C[N-]3.O=C([CH-]C(=O)c1ccccc1)c1ccccc1.O=C([CH-]C(=O)c1ccccc1)c1ccccc1.O=C([CH-]C(=O)c1ccccc1)c1ccccc1.[Eu+3]. The molecule has 0 aliphatic carbocycles. The molecule has 0 amide bonds. The van der Waals surface area contributed by atoms with Gasteiger partial charge in [0.2, 0.25) is 0 Å². The van der Waals surface area contributed by atoms with Crippen molar-refractivity contribution in [2.75, 3.05) is 0 Å². The average molecular weight is 1000 g/mol. The Morgan fingerprint density at radius 1 is 0.288 bits per heavy atom. The van der Waals surface area contributed by atoms with E-state index in [4.69, 9.17) is 0 Å². The third kappa shape index (κ3) is 15.1. The van der Waals surface area contributed by atoms with Crippen LogP contribution in [0.4, 0.5) is 11.4 Å². The molecule has 8 nitrogen and oxygen atoms in total. The molecule has 2 heterocycles. The second kappa shape index (κ2) is 26.4. The fourth-order valence-corrected chi connectivity index (χ4v) is 6.15. The van der Waals surface area contributed by atoms with Gasteiger partial charge in [0.25, 0.3) is 0 Å². The number of benzene rings is 7. The van der Waals surface area contributed by atoms with Crippen LogP contribution >= 0.6 is 0 Å². The Balaban J connectivity index is 0.000000164. The predicted octanol–water partition coefficient (Wildman–Crippen LogP) is 11.2. The number of Topliss-reactive ketones (excluding diaryl/α,β-unsaturated/α-hetero) is 6. The van der Waals surface area contributed by atoms with Crippen LogP contribution in [-0.2, 0) is 0 Å². The van der Waals surface area contributed by atoms with E-state index >= 15 is 0 Å². The van der Waals surface area contributed by atoms with Crippen molar-refractivity contribution in [3.05, 3.63) is 292 Å². The van der Waals surface area contributed by atoms with E-state index in [2.05, 4.69) is 34.9 Å². The zero-order chi connectivity index (χ0) is 45.6. The molecule has 0 spiro atoms. The van der Waals surface area contributed by atoms with E-state index in [1.54, 1.807) is 158 Å². The van der Waals surface area contributed by atoms with Crippen molar-refractivity contribution in [2.45, 2.75) is 0 Å². The molecule has 0 radical (unpaired) electrons. The molecule has 0 bridgehead atoms. The second-order valence-electron chi connectivity index (χ2n) is 14.0. The third-order valence-electron chi connectivity index (χ3n) is 9.48. The van der Waals surface area contributed by atoms with Gasteiger partial charge in [-0.25, -0.2) is 0 Å². The van der Waals surface area contributed by atoms with Crippen molar-refractivity contribution in [1.29, 1.82) is 0 Å². The van der Waals surface area contributed by atoms with Crippen molar-refractivity contribution in [2.24, 2.45) is 0 Å². The number of hydrogen-bond acceptors (Lipinski definition) is 6. The van der Waals surface area contributed by atoms with E-state index in [0.717, 1.165) is 41.1 Å². The van der Waals surface area contributed by atoms with Crippen molar-refractivity contribution in [3.8, 4) is 0 Å². The fourth-order valence-electron chi connectivity index (χ4n) is 6.15. The van der Waals surface area contributed by atoms with Gasteiger partial charge in [0, 0.05) is 0 Å². The summed E-state index contributed by atoms with van der Waals surface area (Å²) in [5, 5.41) is 11.0. The van der Waals surface area contributed by atoms with E-state index in [0.29, 0.717) is 33.4 Å². The molecular weight excluding hydrogens is 961 g/mol. The number of ketones is 6. The van der Waals surface area contributed by atoms with E-state index < -0.39 is 0 Å². The van der Waals surface area contributed by atoms with E-state index in [9.17, 15) is 28.8 Å². The van der Waals surface area contributed by atoms with Crippen LogP contribution in [0.15, 0.2) is 219 Å². The van der Waals surface area contributed by atoms with Gasteiger partial charge in [-0.2, -0.15) is 12.4 Å². The minimum absolute atomic E-state index is 0. The molecule has 324 valence electrons. The molecule has 7 aromatic carbocycles. The maximum Gasteiger partial charge on any atom is 3.00 e. The van der Waals surface area contributed by atoms with Gasteiger partial charge in [-0.15, -0.1) is 84.2 Å². The summed E-state index contributed by atoms with van der Waals surface area (Å²) in [6, 6.07) is 56.7. The number of allylic oxidation sites excluding steroid dienone is 2. The normalized spacial score (nSPS) is 10.7. The van der Waals surface area contributed by atoms with Crippen molar-refractivity contribution in [3.63, 3.8) is 0 Å². The summed E-state index contributed by atoms with van der Waals surface area (Å²) in [7, 11) is 0. The zero-order valence-corrected chi connectivity index (χ0v) is 37.8. The number of nitrogens with zero attached hydrogens (tertiary/aromatic N) is 2. The molecule has 9 rings (SSSR count). The maximum atomic E-state index is 11.8. The Morgan fingerprint density at radius 3 is 0.682 bits per heavy atom. The molecule has 0 N–H and O–H groups in total. The van der Waals surface area contributed by atoms with E-state index in [-0.39, 0.29) is 84.1 Å². The van der Waals surface area contributed by atoms with Crippen LogP contribution in [-0.4, -0.2) is 34.7 Å². The fraction of sp³-hybridized carbons (Fsp3) is 0. The minimum atomic E-state index is -0.264. The Bertz CT molecular complexity index is 2480. The van der Waals surface area contributed by atoms with Crippen molar-refractivity contribution in [1.82, 2.24) is 0 Å². The molecule has 0 saturated heterocycles. The van der Waals surface area contributed by atoms with E-state index in [1.807, 2.05) is 48.6 Å². The first-order valence-electron chi connectivity index (χ1n) is 20.5. The van der Waals surface area contributed by atoms with Crippen LogP contribution in [0, 0.1) is 68.6 Å². The number of carbonyl (C=O) groups excluding carboxylic acids is 6. The average Bonchev–Trinajstić information content (AvgIpc) is 3.38. The number of carbonyl (C=O) groups is 6. The summed E-state index contributed by atoms with van der Waals surface area (Å²) >= 11 is 0. The minimum Gasteiger partial charge on any atom is -0.665 e. The van der Waals surface area contributed by atoms with E-state index in [1.165, 1.54) is 0 Å². The van der Waals surface area contributed by atoms with Gasteiger partial charge in [0.15, 0.2) is 0 Å². The molecule has 0 fully saturated rings. The molecule has 2 aliphatic heterocycles. The summed E-state index contributed by atoms with van der Waals surface area (Å²) in [5.74, 6) is -1.59. The van der Waals surface area contributed by atoms with Crippen LogP contribution in [0.5, 0.6) is 0 Å². The van der Waals surface area contributed by atoms with Crippen LogP contribution in [0.2, 0.25) is 0 Å². The maximum absolute atomic E-state index is 11.8. The van der Waals surface area contributed by atoms with Gasteiger partial charge in [-0.1, -0.05) is 198 Å². The smallest absolute Gasteiger partial charge is 0.665 e. The molecule has 2 aliphatic rings. The second-order valence-corrected chi connectivity index (χ2v) is 14.0. The summed E-state index contributed by atoms with van der Waals surface area (Å²) in [4.78, 5) is 70.5. The topological polar surface area (TPSA) is 131 Å². The first-order chi connectivity index (χ1) is 31.8. The van der Waals surface area contributed by atoms with Crippen LogP contribution in [0.1, 0.15) is 62.1 Å². The number of hydrogen-bond donors (Lipinski definition) is 0. The first kappa shape index (κ1) is 49.6. The van der Waals surface area contributed by atoms with Gasteiger partial charge in [-0.3, -0.25) is 0 Å². The number of rotatable bonds is 12. The molecule has 0 unspecified atom stereocenters. The van der Waals surface area contributed by atoms with Crippen molar-refractivity contribution < 1.29 is 78.1 Å².